The predicted octanol–water partition coefficient (Wildman–Crippen LogP) is 2.08. The second-order valence-corrected chi connectivity index (χ2v) is 7.32. The van der Waals surface area contributed by atoms with Crippen LogP contribution in [0.5, 0.6) is 5.75 Å². The van der Waals surface area contributed by atoms with Crippen molar-refractivity contribution in [3.05, 3.63) is 54.1 Å². The van der Waals surface area contributed by atoms with E-state index in [-0.39, 0.29) is 23.9 Å². The quantitative estimate of drug-likeness (QED) is 0.484. The highest BCUT2D eigenvalue weighted by molar-refractivity contribution is 7.89. The van der Waals surface area contributed by atoms with E-state index >= 15 is 0 Å². The molecule has 0 aliphatic rings. The molecule has 2 aromatic carbocycles. The van der Waals surface area contributed by atoms with Gasteiger partial charge in [0.1, 0.15) is 5.75 Å². The minimum Gasteiger partial charge on any atom is -0.494 e. The lowest BCUT2D eigenvalue weighted by Gasteiger charge is -2.09. The summed E-state index contributed by atoms with van der Waals surface area (Å²) in [7, 11) is -3.63. The maximum atomic E-state index is 12.2. The molecule has 0 saturated heterocycles. The molecule has 0 bridgehead atoms. The van der Waals surface area contributed by atoms with Crippen molar-refractivity contribution in [2.75, 3.05) is 19.7 Å². The number of rotatable bonds is 8. The van der Waals surface area contributed by atoms with Gasteiger partial charge in [-0.25, -0.2) is 13.1 Å². The van der Waals surface area contributed by atoms with Gasteiger partial charge in [-0.15, -0.1) is 12.6 Å². The van der Waals surface area contributed by atoms with Gasteiger partial charge in [0.05, 0.1) is 17.1 Å². The van der Waals surface area contributed by atoms with Crippen LogP contribution in [0.1, 0.15) is 17.3 Å². The number of hydrogen-bond donors (Lipinski definition) is 3. The second kappa shape index (κ2) is 8.89. The van der Waals surface area contributed by atoms with Crippen LogP contribution in [0.3, 0.4) is 0 Å². The van der Waals surface area contributed by atoms with E-state index in [1.54, 1.807) is 36.4 Å². The molecule has 0 aliphatic heterocycles. The summed E-state index contributed by atoms with van der Waals surface area (Å²) >= 11 is 4.22. The van der Waals surface area contributed by atoms with E-state index in [1.807, 2.05) is 6.92 Å². The molecular formula is C17H20N2O4S2. The first kappa shape index (κ1) is 19.3. The summed E-state index contributed by atoms with van der Waals surface area (Å²) in [4.78, 5) is 12.7. The van der Waals surface area contributed by atoms with Crippen molar-refractivity contribution in [2.24, 2.45) is 0 Å². The fourth-order valence-corrected chi connectivity index (χ4v) is 3.38. The van der Waals surface area contributed by atoms with Gasteiger partial charge in [0, 0.05) is 18.0 Å². The van der Waals surface area contributed by atoms with Gasteiger partial charge in [-0.3, -0.25) is 4.79 Å². The third-order valence-electron chi connectivity index (χ3n) is 3.30. The average Bonchev–Trinajstić information content (AvgIpc) is 2.60. The molecule has 0 fully saturated rings. The highest BCUT2D eigenvalue weighted by Gasteiger charge is 2.14. The Morgan fingerprint density at radius 3 is 2.40 bits per heavy atom. The van der Waals surface area contributed by atoms with Gasteiger partial charge in [0.25, 0.3) is 5.91 Å². The molecule has 6 nitrogen and oxygen atoms in total. The number of sulfonamides is 1. The number of hydrogen-bond acceptors (Lipinski definition) is 5. The monoisotopic (exact) mass is 380 g/mol. The first-order valence-electron chi connectivity index (χ1n) is 7.73. The Balaban J connectivity index is 1.86. The molecule has 0 unspecified atom stereocenters. The van der Waals surface area contributed by atoms with Crippen LogP contribution in [0, 0.1) is 0 Å². The number of amides is 1. The molecule has 1 amide bonds. The van der Waals surface area contributed by atoms with Crippen LogP contribution in [0.2, 0.25) is 0 Å². The van der Waals surface area contributed by atoms with Crippen LogP contribution in [0.15, 0.2) is 58.3 Å². The van der Waals surface area contributed by atoms with Crippen LogP contribution in [0.25, 0.3) is 0 Å². The van der Waals surface area contributed by atoms with E-state index in [0.29, 0.717) is 22.8 Å². The maximum absolute atomic E-state index is 12.2. The molecule has 134 valence electrons. The number of benzene rings is 2. The van der Waals surface area contributed by atoms with Crippen molar-refractivity contribution in [1.29, 1.82) is 0 Å². The molecule has 0 radical (unpaired) electrons. The van der Waals surface area contributed by atoms with Gasteiger partial charge in [0.15, 0.2) is 0 Å². The molecule has 25 heavy (non-hydrogen) atoms. The molecule has 2 aromatic rings. The third-order valence-corrected chi connectivity index (χ3v) is 5.16. The lowest BCUT2D eigenvalue weighted by atomic mass is 10.2. The topological polar surface area (TPSA) is 84.5 Å². The summed E-state index contributed by atoms with van der Waals surface area (Å²) in [5.74, 6) is 0.310. The van der Waals surface area contributed by atoms with Crippen LogP contribution in [0.4, 0.5) is 0 Å². The Morgan fingerprint density at radius 2 is 1.76 bits per heavy atom. The highest BCUT2D eigenvalue weighted by Crippen LogP contribution is 2.15. The molecule has 0 saturated carbocycles. The van der Waals surface area contributed by atoms with Crippen molar-refractivity contribution in [1.82, 2.24) is 10.0 Å². The predicted molar refractivity (Wildman–Crippen MR) is 98.8 cm³/mol. The van der Waals surface area contributed by atoms with Crippen LogP contribution < -0.4 is 14.8 Å². The van der Waals surface area contributed by atoms with Gasteiger partial charge >= 0.3 is 0 Å². The minimum absolute atomic E-state index is 0.0794. The molecule has 0 aromatic heterocycles. The molecule has 0 spiro atoms. The van der Waals surface area contributed by atoms with Gasteiger partial charge < -0.3 is 10.1 Å². The van der Waals surface area contributed by atoms with E-state index < -0.39 is 10.0 Å². The van der Waals surface area contributed by atoms with Crippen LogP contribution in [-0.2, 0) is 10.0 Å². The number of carbonyl (C=O) groups excluding carboxylic acids is 1. The zero-order valence-corrected chi connectivity index (χ0v) is 15.4. The first-order valence-corrected chi connectivity index (χ1v) is 9.66. The van der Waals surface area contributed by atoms with Crippen molar-refractivity contribution in [2.45, 2.75) is 16.7 Å². The largest absolute Gasteiger partial charge is 0.494 e. The molecule has 8 heteroatoms. The zero-order valence-electron chi connectivity index (χ0n) is 13.7. The van der Waals surface area contributed by atoms with E-state index in [0.717, 1.165) is 0 Å². The molecule has 0 heterocycles. The Morgan fingerprint density at radius 1 is 1.08 bits per heavy atom. The van der Waals surface area contributed by atoms with Crippen LogP contribution in [-0.4, -0.2) is 34.0 Å². The van der Waals surface area contributed by atoms with Crippen LogP contribution >= 0.6 is 12.6 Å². The summed E-state index contributed by atoms with van der Waals surface area (Å²) in [6, 6.07) is 13.0. The lowest BCUT2D eigenvalue weighted by molar-refractivity contribution is 0.0951. The molecular weight excluding hydrogens is 360 g/mol. The number of ether oxygens (including phenoxy) is 1. The smallest absolute Gasteiger partial charge is 0.252 e. The van der Waals surface area contributed by atoms with Gasteiger partial charge in [0.2, 0.25) is 10.0 Å². The fraction of sp³-hybridized carbons (Fsp3) is 0.235. The Bertz CT molecular complexity index is 821. The van der Waals surface area contributed by atoms with Gasteiger partial charge in [-0.2, -0.15) is 0 Å². The third kappa shape index (κ3) is 5.48. The maximum Gasteiger partial charge on any atom is 0.252 e. The van der Waals surface area contributed by atoms with E-state index in [2.05, 4.69) is 22.7 Å². The number of thiol groups is 1. The highest BCUT2D eigenvalue weighted by atomic mass is 32.2. The van der Waals surface area contributed by atoms with Gasteiger partial charge in [-0.1, -0.05) is 12.1 Å². The Labute approximate surface area is 153 Å². The van der Waals surface area contributed by atoms with Crippen molar-refractivity contribution >= 4 is 28.6 Å². The minimum atomic E-state index is -3.63. The Kier molecular flexibility index (Phi) is 6.86. The SMILES string of the molecule is CCOc1ccc(S(=O)(=O)NCCNC(=O)c2ccccc2S)cc1. The zero-order chi connectivity index (χ0) is 18.3. The standard InChI is InChI=1S/C17H20N2O4S2/c1-2-23-13-7-9-14(10-8-13)25(21,22)19-12-11-18-17(20)15-5-3-4-6-16(15)24/h3-10,19,24H,2,11-12H2,1H3,(H,18,20). The summed E-state index contributed by atoms with van der Waals surface area (Å²) in [6.07, 6.45) is 0. The summed E-state index contributed by atoms with van der Waals surface area (Å²) in [6.45, 7) is 2.61. The second-order valence-electron chi connectivity index (χ2n) is 5.08. The van der Waals surface area contributed by atoms with E-state index in [4.69, 9.17) is 4.74 Å². The Hall–Kier alpha value is -2.03. The van der Waals surface area contributed by atoms with E-state index in [1.165, 1.54) is 12.1 Å². The molecule has 0 aliphatic carbocycles. The van der Waals surface area contributed by atoms with Crippen molar-refractivity contribution in [3.63, 3.8) is 0 Å². The normalized spacial score (nSPS) is 11.1. The number of carbonyl (C=O) groups is 1. The fourth-order valence-electron chi connectivity index (χ4n) is 2.09. The number of nitrogens with one attached hydrogen (secondary N) is 2. The summed E-state index contributed by atoms with van der Waals surface area (Å²) in [5, 5.41) is 2.65. The summed E-state index contributed by atoms with van der Waals surface area (Å²) in [5.41, 5.74) is 0.445. The lowest BCUT2D eigenvalue weighted by Crippen LogP contribution is -2.34. The van der Waals surface area contributed by atoms with Gasteiger partial charge in [-0.05, 0) is 43.3 Å². The molecule has 2 N–H and O–H groups in total. The van der Waals surface area contributed by atoms with Crippen molar-refractivity contribution < 1.29 is 17.9 Å². The van der Waals surface area contributed by atoms with E-state index in [9.17, 15) is 13.2 Å². The summed E-state index contributed by atoms with van der Waals surface area (Å²) < 4.78 is 32.1. The first-order chi connectivity index (χ1) is 11.9. The van der Waals surface area contributed by atoms with Crippen molar-refractivity contribution in [3.8, 4) is 5.75 Å². The average molecular weight is 380 g/mol. The molecule has 2 rings (SSSR count). The molecule has 0 atom stereocenters.